The number of nitrogens with zero attached hydrogens (tertiary/aromatic N) is 1. The summed E-state index contributed by atoms with van der Waals surface area (Å²) in [6, 6.07) is 9.00. The smallest absolute Gasteiger partial charge is 0.335 e. The van der Waals surface area contributed by atoms with Crippen molar-refractivity contribution < 1.29 is 27.4 Å². The number of aromatic nitrogens is 1. The Morgan fingerprint density at radius 1 is 1.16 bits per heavy atom. The first-order valence-corrected chi connectivity index (χ1v) is 15.3. The highest BCUT2D eigenvalue weighted by Gasteiger charge is 2.25. The van der Waals surface area contributed by atoms with Crippen LogP contribution in [-0.2, 0) is 10.0 Å². The van der Waals surface area contributed by atoms with Crippen molar-refractivity contribution >= 4 is 33.0 Å². The summed E-state index contributed by atoms with van der Waals surface area (Å²) in [5.41, 5.74) is 1.28. The van der Waals surface area contributed by atoms with E-state index in [9.17, 15) is 13.2 Å². The number of benzene rings is 2. The van der Waals surface area contributed by atoms with Crippen LogP contribution in [0.25, 0.3) is 10.6 Å². The van der Waals surface area contributed by atoms with Crippen LogP contribution < -0.4 is 9.46 Å². The fourth-order valence-electron chi connectivity index (χ4n) is 5.04. The molecule has 0 radical (unpaired) electrons. The maximum Gasteiger partial charge on any atom is 0.335 e. The Morgan fingerprint density at radius 3 is 2.58 bits per heavy atom. The lowest BCUT2D eigenvalue weighted by molar-refractivity contribution is 0.0696. The SMILES string of the molecule is CCCCCC1CCC(c2ccc(-c3nc(S(=O)(=O)Nc4ccc(C(=O)O)cc4OC)cs3)c(F)c2)CC1. The van der Waals surface area contributed by atoms with E-state index in [-0.39, 0.29) is 32.6 Å². The summed E-state index contributed by atoms with van der Waals surface area (Å²) in [5, 5.41) is 10.5. The quantitative estimate of drug-likeness (QED) is 0.238. The number of nitrogens with one attached hydrogen (secondary N) is 1. The number of aromatic carboxylic acids is 1. The lowest BCUT2D eigenvalue weighted by Gasteiger charge is -2.29. The van der Waals surface area contributed by atoms with Gasteiger partial charge in [-0.05, 0) is 73.4 Å². The largest absolute Gasteiger partial charge is 0.495 e. The highest BCUT2D eigenvalue weighted by atomic mass is 32.2. The summed E-state index contributed by atoms with van der Waals surface area (Å²) in [6.45, 7) is 2.22. The van der Waals surface area contributed by atoms with Crippen LogP contribution in [0.4, 0.5) is 10.1 Å². The van der Waals surface area contributed by atoms with Gasteiger partial charge in [0.25, 0.3) is 10.0 Å². The molecule has 4 rings (SSSR count). The minimum absolute atomic E-state index is 0.0420. The number of unbranched alkanes of at least 4 members (excludes halogenated alkanes) is 2. The van der Waals surface area contributed by atoms with Crippen molar-refractivity contribution in [2.24, 2.45) is 5.92 Å². The molecule has 2 aromatic carbocycles. The van der Waals surface area contributed by atoms with E-state index in [4.69, 9.17) is 9.84 Å². The van der Waals surface area contributed by atoms with Crippen molar-refractivity contribution in [1.82, 2.24) is 4.98 Å². The van der Waals surface area contributed by atoms with Gasteiger partial charge in [0.1, 0.15) is 16.6 Å². The Hall–Kier alpha value is -2.98. The number of hydrogen-bond donors (Lipinski definition) is 2. The summed E-state index contributed by atoms with van der Waals surface area (Å²) in [4.78, 5) is 15.4. The topological polar surface area (TPSA) is 106 Å². The molecule has 1 fully saturated rings. The molecule has 1 aliphatic carbocycles. The fraction of sp³-hybridized carbons (Fsp3) is 0.429. The van der Waals surface area contributed by atoms with E-state index in [1.807, 2.05) is 6.07 Å². The molecule has 3 aromatic rings. The second-order valence-electron chi connectivity index (χ2n) is 9.77. The minimum atomic E-state index is -4.12. The molecule has 0 amide bonds. The zero-order valence-corrected chi connectivity index (χ0v) is 23.2. The van der Waals surface area contributed by atoms with Gasteiger partial charge in [0.15, 0.2) is 5.03 Å². The van der Waals surface area contributed by atoms with Crippen molar-refractivity contribution in [3.8, 4) is 16.3 Å². The number of carboxylic acids is 1. The van der Waals surface area contributed by atoms with Crippen LogP contribution in [0.5, 0.6) is 5.75 Å². The molecule has 0 aliphatic heterocycles. The summed E-state index contributed by atoms with van der Waals surface area (Å²) in [7, 11) is -2.81. The van der Waals surface area contributed by atoms with Crippen molar-refractivity contribution in [2.75, 3.05) is 11.8 Å². The van der Waals surface area contributed by atoms with E-state index >= 15 is 4.39 Å². The number of rotatable bonds is 11. The molecule has 1 aliphatic rings. The summed E-state index contributed by atoms with van der Waals surface area (Å²) >= 11 is 1.04. The second-order valence-corrected chi connectivity index (χ2v) is 12.3. The van der Waals surface area contributed by atoms with Crippen LogP contribution in [0.3, 0.4) is 0 Å². The number of ether oxygens (including phenoxy) is 1. The Kier molecular flexibility index (Phi) is 9.04. The highest BCUT2D eigenvalue weighted by molar-refractivity contribution is 7.92. The van der Waals surface area contributed by atoms with E-state index in [2.05, 4.69) is 16.6 Å². The second kappa shape index (κ2) is 12.3. The zero-order chi connectivity index (χ0) is 27.3. The first kappa shape index (κ1) is 28.0. The molecule has 1 aromatic heterocycles. The third kappa shape index (κ3) is 6.53. The van der Waals surface area contributed by atoms with Crippen molar-refractivity contribution in [3.05, 3.63) is 58.7 Å². The normalized spacial score (nSPS) is 17.8. The van der Waals surface area contributed by atoms with Crippen LogP contribution in [0, 0.1) is 11.7 Å². The number of halogens is 1. The van der Waals surface area contributed by atoms with E-state index in [0.29, 0.717) is 5.92 Å². The standard InChI is InChI=1S/C28H33FN2O5S2/c1-3-4-5-6-18-7-9-19(10-8-18)20-11-13-22(23(29)15-20)27-30-26(17-37-27)38(34,35)31-24-14-12-21(28(32)33)16-25(24)36-2/h11-19,31H,3-10H2,1-2H3,(H,32,33). The number of carbonyl (C=O) groups is 1. The first-order chi connectivity index (χ1) is 18.2. The lowest BCUT2D eigenvalue weighted by atomic mass is 9.77. The van der Waals surface area contributed by atoms with E-state index in [1.54, 1.807) is 12.1 Å². The molecule has 1 heterocycles. The zero-order valence-electron chi connectivity index (χ0n) is 21.6. The van der Waals surface area contributed by atoms with Gasteiger partial charge < -0.3 is 9.84 Å². The summed E-state index contributed by atoms with van der Waals surface area (Å²) in [6.07, 6.45) is 9.61. The molecule has 0 unspecified atom stereocenters. The van der Waals surface area contributed by atoms with Crippen LogP contribution in [0.2, 0.25) is 0 Å². The van der Waals surface area contributed by atoms with Gasteiger partial charge in [0, 0.05) is 10.9 Å². The van der Waals surface area contributed by atoms with Crippen molar-refractivity contribution in [3.63, 3.8) is 0 Å². The molecule has 0 atom stereocenters. The third-order valence-electron chi connectivity index (χ3n) is 7.21. The molecule has 0 bridgehead atoms. The fourth-order valence-corrected chi connectivity index (χ4v) is 7.23. The average molecular weight is 561 g/mol. The Labute approximate surface area is 227 Å². The molecule has 7 nitrogen and oxygen atoms in total. The minimum Gasteiger partial charge on any atom is -0.495 e. The van der Waals surface area contributed by atoms with Crippen molar-refractivity contribution in [2.45, 2.75) is 69.2 Å². The van der Waals surface area contributed by atoms with Gasteiger partial charge in [-0.25, -0.2) is 14.2 Å². The number of sulfonamides is 1. The predicted octanol–water partition coefficient (Wildman–Crippen LogP) is 7.31. The molecular weight excluding hydrogens is 527 g/mol. The number of thiazole rings is 1. The van der Waals surface area contributed by atoms with Crippen LogP contribution >= 0.6 is 11.3 Å². The monoisotopic (exact) mass is 560 g/mol. The molecule has 204 valence electrons. The van der Waals surface area contributed by atoms with Gasteiger partial charge in [0.2, 0.25) is 0 Å². The Balaban J connectivity index is 1.45. The molecule has 38 heavy (non-hydrogen) atoms. The van der Waals surface area contributed by atoms with E-state index in [1.165, 1.54) is 69.2 Å². The van der Waals surface area contributed by atoms with E-state index < -0.39 is 21.8 Å². The molecule has 1 saturated carbocycles. The number of hydrogen-bond acceptors (Lipinski definition) is 6. The predicted molar refractivity (Wildman–Crippen MR) is 147 cm³/mol. The number of methoxy groups -OCH3 is 1. The van der Waals surface area contributed by atoms with Gasteiger partial charge in [-0.3, -0.25) is 4.72 Å². The van der Waals surface area contributed by atoms with Gasteiger partial charge in [-0.2, -0.15) is 8.42 Å². The van der Waals surface area contributed by atoms with Crippen LogP contribution in [-0.4, -0.2) is 31.6 Å². The Bertz CT molecular complexity index is 1380. The van der Waals surface area contributed by atoms with Gasteiger partial charge in [-0.15, -0.1) is 11.3 Å². The molecule has 10 heteroatoms. The molecule has 2 N–H and O–H groups in total. The lowest BCUT2D eigenvalue weighted by Crippen LogP contribution is -2.14. The van der Waals surface area contributed by atoms with Crippen molar-refractivity contribution in [1.29, 1.82) is 0 Å². The maximum atomic E-state index is 15.2. The number of anilines is 1. The first-order valence-electron chi connectivity index (χ1n) is 12.9. The Morgan fingerprint density at radius 2 is 1.92 bits per heavy atom. The van der Waals surface area contributed by atoms with Gasteiger partial charge in [-0.1, -0.05) is 38.7 Å². The average Bonchev–Trinajstić information content (AvgIpc) is 3.40. The van der Waals surface area contributed by atoms with E-state index in [0.717, 1.165) is 35.7 Å². The van der Waals surface area contributed by atoms with Gasteiger partial charge in [0.05, 0.1) is 18.4 Å². The molecule has 0 spiro atoms. The molecule has 0 saturated heterocycles. The van der Waals surface area contributed by atoms with Crippen LogP contribution in [0.1, 0.15) is 80.1 Å². The highest BCUT2D eigenvalue weighted by Crippen LogP contribution is 2.39. The van der Waals surface area contributed by atoms with Crippen LogP contribution in [0.15, 0.2) is 46.8 Å². The maximum absolute atomic E-state index is 15.2. The summed E-state index contributed by atoms with van der Waals surface area (Å²) in [5.74, 6) is -0.392. The third-order valence-corrected chi connectivity index (χ3v) is 9.48. The van der Waals surface area contributed by atoms with Gasteiger partial charge >= 0.3 is 5.97 Å². The number of carboxylic acid groups (broad SMARTS) is 1. The molecular formula is C28H33FN2O5S2. The summed E-state index contributed by atoms with van der Waals surface area (Å²) < 4.78 is 48.6.